The zero-order chi connectivity index (χ0) is 12.8. The van der Waals surface area contributed by atoms with Gasteiger partial charge in [0.25, 0.3) is 0 Å². The van der Waals surface area contributed by atoms with Crippen LogP contribution in [-0.2, 0) is 14.3 Å². The van der Waals surface area contributed by atoms with Gasteiger partial charge in [0.15, 0.2) is 0 Å². The van der Waals surface area contributed by atoms with E-state index < -0.39 is 12.0 Å². The number of carboxylic acids is 1. The first-order valence-electron chi connectivity index (χ1n) is 6.18. The third kappa shape index (κ3) is 3.43. The second-order valence-electron chi connectivity index (χ2n) is 4.42. The number of nitrogens with zero attached hydrogens (tertiary/aromatic N) is 1. The van der Waals surface area contributed by atoms with Gasteiger partial charge in [-0.1, -0.05) is 19.8 Å². The van der Waals surface area contributed by atoms with Gasteiger partial charge < -0.3 is 9.84 Å². The van der Waals surface area contributed by atoms with Crippen LogP contribution in [0.5, 0.6) is 0 Å². The van der Waals surface area contributed by atoms with Gasteiger partial charge in [-0.3, -0.25) is 14.5 Å². The van der Waals surface area contributed by atoms with Crippen LogP contribution < -0.4 is 0 Å². The lowest BCUT2D eigenvalue weighted by Gasteiger charge is -2.37. The molecule has 5 heteroatoms. The molecule has 1 unspecified atom stereocenters. The van der Waals surface area contributed by atoms with Gasteiger partial charge in [0.2, 0.25) is 0 Å². The van der Waals surface area contributed by atoms with Crippen molar-refractivity contribution in [3.8, 4) is 0 Å². The van der Waals surface area contributed by atoms with Crippen LogP contribution in [0, 0.1) is 0 Å². The number of carbonyl (C=O) groups is 2. The number of carboxylic acid groups (broad SMARTS) is 1. The predicted molar refractivity (Wildman–Crippen MR) is 62.7 cm³/mol. The molecule has 0 amide bonds. The van der Waals surface area contributed by atoms with Crippen LogP contribution in [-0.4, -0.2) is 47.7 Å². The first-order chi connectivity index (χ1) is 8.11. The molecule has 0 radical (unpaired) electrons. The number of ether oxygens (including phenoxy) is 1. The molecule has 1 aliphatic rings. The Morgan fingerprint density at radius 3 is 2.71 bits per heavy atom. The summed E-state index contributed by atoms with van der Waals surface area (Å²) in [5.41, 5.74) is 0. The van der Waals surface area contributed by atoms with Gasteiger partial charge >= 0.3 is 11.9 Å². The molecule has 17 heavy (non-hydrogen) atoms. The van der Waals surface area contributed by atoms with E-state index in [-0.39, 0.29) is 12.0 Å². The van der Waals surface area contributed by atoms with E-state index in [9.17, 15) is 14.7 Å². The molecule has 98 valence electrons. The fourth-order valence-corrected chi connectivity index (χ4v) is 2.42. The van der Waals surface area contributed by atoms with Crippen molar-refractivity contribution < 1.29 is 19.4 Å². The van der Waals surface area contributed by atoms with Crippen molar-refractivity contribution in [3.05, 3.63) is 0 Å². The number of likely N-dealkylation sites (tertiary alicyclic amines) is 1. The SMILES string of the molecule is CCCC(C(=O)O)N1CCCC[C@@H]1C(=O)OC. The summed E-state index contributed by atoms with van der Waals surface area (Å²) >= 11 is 0. The molecule has 5 nitrogen and oxygen atoms in total. The molecule has 0 spiro atoms. The highest BCUT2D eigenvalue weighted by molar-refractivity contribution is 5.78. The van der Waals surface area contributed by atoms with E-state index in [0.29, 0.717) is 19.4 Å². The molecule has 1 rings (SSSR count). The molecule has 0 aliphatic carbocycles. The number of methoxy groups -OCH3 is 1. The largest absolute Gasteiger partial charge is 0.480 e. The molecule has 0 saturated carbocycles. The van der Waals surface area contributed by atoms with Crippen LogP contribution in [0.15, 0.2) is 0 Å². The number of hydrogen-bond acceptors (Lipinski definition) is 4. The number of carbonyl (C=O) groups excluding carboxylic acids is 1. The van der Waals surface area contributed by atoms with Gasteiger partial charge in [0.1, 0.15) is 12.1 Å². The van der Waals surface area contributed by atoms with Crippen molar-refractivity contribution in [2.75, 3.05) is 13.7 Å². The predicted octanol–water partition coefficient (Wildman–Crippen LogP) is 1.27. The maximum atomic E-state index is 11.7. The Hall–Kier alpha value is -1.10. The minimum absolute atomic E-state index is 0.313. The Morgan fingerprint density at radius 2 is 2.18 bits per heavy atom. The van der Waals surface area contributed by atoms with E-state index in [2.05, 4.69) is 0 Å². The molecule has 0 bridgehead atoms. The lowest BCUT2D eigenvalue weighted by Crippen LogP contribution is -2.53. The topological polar surface area (TPSA) is 66.8 Å². The van der Waals surface area contributed by atoms with E-state index in [1.54, 1.807) is 4.90 Å². The van der Waals surface area contributed by atoms with Crippen LogP contribution in [0.4, 0.5) is 0 Å². The van der Waals surface area contributed by atoms with Crippen LogP contribution in [0.25, 0.3) is 0 Å². The highest BCUT2D eigenvalue weighted by Gasteiger charge is 2.36. The number of aliphatic carboxylic acids is 1. The van der Waals surface area contributed by atoms with Crippen molar-refractivity contribution in [3.63, 3.8) is 0 Å². The molecule has 0 aromatic rings. The molecular weight excluding hydrogens is 222 g/mol. The van der Waals surface area contributed by atoms with Crippen molar-refractivity contribution in [2.45, 2.75) is 51.1 Å². The Labute approximate surface area is 102 Å². The minimum Gasteiger partial charge on any atom is -0.480 e. The van der Waals surface area contributed by atoms with Crippen LogP contribution in [0.3, 0.4) is 0 Å². The second-order valence-corrected chi connectivity index (χ2v) is 4.42. The van der Waals surface area contributed by atoms with Crippen molar-refractivity contribution in [1.29, 1.82) is 0 Å². The Morgan fingerprint density at radius 1 is 1.47 bits per heavy atom. The number of piperidine rings is 1. The maximum Gasteiger partial charge on any atom is 0.323 e. The normalized spacial score (nSPS) is 23.1. The fourth-order valence-electron chi connectivity index (χ4n) is 2.42. The molecule has 2 atom stereocenters. The lowest BCUT2D eigenvalue weighted by molar-refractivity contribution is -0.154. The van der Waals surface area contributed by atoms with Gasteiger partial charge in [0, 0.05) is 0 Å². The van der Waals surface area contributed by atoms with E-state index in [0.717, 1.165) is 19.3 Å². The van der Waals surface area contributed by atoms with Crippen LogP contribution in [0.2, 0.25) is 0 Å². The van der Waals surface area contributed by atoms with Crippen LogP contribution >= 0.6 is 0 Å². The van der Waals surface area contributed by atoms with E-state index >= 15 is 0 Å². The average molecular weight is 243 g/mol. The summed E-state index contributed by atoms with van der Waals surface area (Å²) in [5.74, 6) is -1.16. The van der Waals surface area contributed by atoms with Gasteiger partial charge in [-0.25, -0.2) is 0 Å². The minimum atomic E-state index is -0.845. The smallest absolute Gasteiger partial charge is 0.323 e. The summed E-state index contributed by atoms with van der Waals surface area (Å²) < 4.78 is 4.75. The van der Waals surface area contributed by atoms with E-state index in [1.165, 1.54) is 7.11 Å². The number of esters is 1. The summed E-state index contributed by atoms with van der Waals surface area (Å²) in [5, 5.41) is 9.24. The highest BCUT2D eigenvalue weighted by Crippen LogP contribution is 2.22. The van der Waals surface area contributed by atoms with Gasteiger partial charge in [-0.05, 0) is 25.8 Å². The Kier molecular flexibility index (Phi) is 5.41. The second kappa shape index (κ2) is 6.59. The van der Waals surface area contributed by atoms with Gasteiger partial charge in [-0.15, -0.1) is 0 Å². The third-order valence-electron chi connectivity index (χ3n) is 3.26. The molecule has 0 aromatic heterocycles. The first kappa shape index (κ1) is 14.0. The summed E-state index contributed by atoms with van der Waals surface area (Å²) in [6.45, 7) is 2.61. The maximum absolute atomic E-state index is 11.7. The first-order valence-corrected chi connectivity index (χ1v) is 6.18. The standard InChI is InChI=1S/C12H21NO4/c1-3-6-9(11(14)15)13-8-5-4-7-10(13)12(16)17-2/h9-10H,3-8H2,1-2H3,(H,14,15)/t9?,10-/m1/s1. The monoisotopic (exact) mass is 243 g/mol. The van der Waals surface area contributed by atoms with Crippen molar-refractivity contribution in [2.24, 2.45) is 0 Å². The van der Waals surface area contributed by atoms with Gasteiger partial charge in [0.05, 0.1) is 7.11 Å². The number of hydrogen-bond donors (Lipinski definition) is 1. The summed E-state index contributed by atoms with van der Waals surface area (Å²) in [4.78, 5) is 24.7. The molecule has 1 heterocycles. The van der Waals surface area contributed by atoms with E-state index in [4.69, 9.17) is 4.74 Å². The summed E-state index contributed by atoms with van der Waals surface area (Å²) in [7, 11) is 1.35. The molecule has 1 N–H and O–H groups in total. The van der Waals surface area contributed by atoms with Crippen molar-refractivity contribution in [1.82, 2.24) is 4.90 Å². The Balaban J connectivity index is 2.80. The molecular formula is C12H21NO4. The molecule has 0 aromatic carbocycles. The quantitative estimate of drug-likeness (QED) is 0.736. The number of rotatable bonds is 5. The van der Waals surface area contributed by atoms with Crippen LogP contribution in [0.1, 0.15) is 39.0 Å². The summed E-state index contributed by atoms with van der Waals surface area (Å²) in [6.07, 6.45) is 3.96. The lowest BCUT2D eigenvalue weighted by atomic mass is 9.98. The average Bonchev–Trinajstić information content (AvgIpc) is 2.34. The zero-order valence-corrected chi connectivity index (χ0v) is 10.5. The Bertz CT molecular complexity index is 276. The van der Waals surface area contributed by atoms with E-state index in [1.807, 2.05) is 6.92 Å². The third-order valence-corrected chi connectivity index (χ3v) is 3.26. The van der Waals surface area contributed by atoms with Gasteiger partial charge in [-0.2, -0.15) is 0 Å². The van der Waals surface area contributed by atoms with Crippen molar-refractivity contribution >= 4 is 11.9 Å². The molecule has 1 saturated heterocycles. The summed E-state index contributed by atoms with van der Waals surface area (Å²) in [6, 6.07) is -0.953. The fraction of sp³-hybridized carbons (Fsp3) is 0.833. The molecule has 1 fully saturated rings. The highest BCUT2D eigenvalue weighted by atomic mass is 16.5. The zero-order valence-electron chi connectivity index (χ0n) is 10.5. The molecule has 1 aliphatic heterocycles.